The first-order valence-corrected chi connectivity index (χ1v) is 11.4. The summed E-state index contributed by atoms with van der Waals surface area (Å²) >= 11 is 0. The summed E-state index contributed by atoms with van der Waals surface area (Å²) in [6.45, 7) is 6.08. The molecule has 0 heterocycles. The van der Waals surface area contributed by atoms with Gasteiger partial charge in [-0.05, 0) is 37.3 Å². The van der Waals surface area contributed by atoms with Crippen molar-refractivity contribution in [2.45, 2.75) is 77.7 Å². The quantitative estimate of drug-likeness (QED) is 0.305. The second kappa shape index (κ2) is 14.9. The maximum absolute atomic E-state index is 5.90. The Bertz CT molecular complexity index is 348. The van der Waals surface area contributed by atoms with Crippen molar-refractivity contribution in [1.82, 2.24) is 0 Å². The molecular formula is C20H36O2Si. The van der Waals surface area contributed by atoms with Crippen molar-refractivity contribution in [1.29, 1.82) is 0 Å². The maximum Gasteiger partial charge on any atom is 0.321 e. The van der Waals surface area contributed by atoms with E-state index in [9.17, 15) is 0 Å². The van der Waals surface area contributed by atoms with Crippen LogP contribution >= 0.6 is 0 Å². The molecule has 132 valence electrons. The van der Waals surface area contributed by atoms with Crippen LogP contribution in [-0.2, 0) is 15.3 Å². The van der Waals surface area contributed by atoms with Gasteiger partial charge in [-0.3, -0.25) is 0 Å². The first kappa shape index (κ1) is 20.4. The molecule has 0 saturated heterocycles. The molecule has 0 aliphatic carbocycles. The molecule has 0 fully saturated rings. The molecule has 0 atom stereocenters. The van der Waals surface area contributed by atoms with E-state index in [4.69, 9.17) is 8.85 Å². The van der Waals surface area contributed by atoms with Crippen LogP contribution in [0, 0.1) is 0 Å². The maximum atomic E-state index is 5.90. The van der Waals surface area contributed by atoms with Crippen molar-refractivity contribution >= 4 is 9.28 Å². The van der Waals surface area contributed by atoms with Crippen LogP contribution < -0.4 is 0 Å². The van der Waals surface area contributed by atoms with E-state index < -0.39 is 9.28 Å². The Morgan fingerprint density at radius 1 is 0.739 bits per heavy atom. The molecule has 1 aromatic rings. The Labute approximate surface area is 145 Å². The van der Waals surface area contributed by atoms with Crippen LogP contribution in [0.3, 0.4) is 0 Å². The second-order valence-corrected chi connectivity index (χ2v) is 8.42. The smallest absolute Gasteiger partial charge is 0.321 e. The van der Waals surface area contributed by atoms with Crippen LogP contribution in [0.5, 0.6) is 0 Å². The zero-order valence-electron chi connectivity index (χ0n) is 15.3. The molecule has 0 aromatic heterocycles. The zero-order chi connectivity index (χ0) is 16.6. The topological polar surface area (TPSA) is 18.5 Å². The predicted octanol–water partition coefficient (Wildman–Crippen LogP) is 5.64. The van der Waals surface area contributed by atoms with E-state index in [0.717, 1.165) is 26.1 Å². The predicted molar refractivity (Wildman–Crippen MR) is 102 cm³/mol. The van der Waals surface area contributed by atoms with E-state index in [-0.39, 0.29) is 0 Å². The molecule has 0 saturated carbocycles. The number of aryl methyl sites for hydroxylation is 1. The highest BCUT2D eigenvalue weighted by molar-refractivity contribution is 6.44. The summed E-state index contributed by atoms with van der Waals surface area (Å²) in [7, 11) is -1.38. The molecule has 0 spiro atoms. The first-order valence-electron chi connectivity index (χ1n) is 9.64. The Balaban J connectivity index is 1.96. The standard InChI is InChI=1S/C20H36O2Si/c1-3-17-21-23(22-18-4-2)19-13-8-6-5-7-10-14-20-15-11-9-12-16-20/h9,11-12,15-16,23H,3-8,10,13-14,17-19H2,1-2H3. The van der Waals surface area contributed by atoms with Crippen molar-refractivity contribution in [2.75, 3.05) is 13.2 Å². The fourth-order valence-electron chi connectivity index (χ4n) is 2.71. The van der Waals surface area contributed by atoms with Crippen molar-refractivity contribution in [3.05, 3.63) is 35.9 Å². The Kier molecular flexibility index (Phi) is 13.2. The van der Waals surface area contributed by atoms with Gasteiger partial charge in [-0.25, -0.2) is 0 Å². The van der Waals surface area contributed by atoms with E-state index in [1.165, 1.54) is 56.6 Å². The minimum absolute atomic E-state index is 0.875. The fraction of sp³-hybridized carbons (Fsp3) is 0.700. The highest BCUT2D eigenvalue weighted by Crippen LogP contribution is 2.12. The fourth-order valence-corrected chi connectivity index (χ4v) is 4.75. The van der Waals surface area contributed by atoms with Crippen LogP contribution in [0.1, 0.15) is 70.8 Å². The molecule has 0 N–H and O–H groups in total. The normalized spacial score (nSPS) is 11.3. The van der Waals surface area contributed by atoms with E-state index in [1.807, 2.05) is 0 Å². The number of benzene rings is 1. The molecule has 1 aromatic carbocycles. The van der Waals surface area contributed by atoms with Crippen LogP contribution in [0.2, 0.25) is 6.04 Å². The van der Waals surface area contributed by atoms with Gasteiger partial charge in [0.1, 0.15) is 0 Å². The van der Waals surface area contributed by atoms with E-state index >= 15 is 0 Å². The molecule has 23 heavy (non-hydrogen) atoms. The average molecular weight is 337 g/mol. The van der Waals surface area contributed by atoms with Gasteiger partial charge < -0.3 is 8.85 Å². The number of unbranched alkanes of at least 4 members (excludes halogenated alkanes) is 5. The van der Waals surface area contributed by atoms with E-state index in [0.29, 0.717) is 0 Å². The minimum atomic E-state index is -1.38. The molecule has 0 aliphatic heterocycles. The molecular weight excluding hydrogens is 300 g/mol. The lowest BCUT2D eigenvalue weighted by atomic mass is 10.1. The molecule has 2 nitrogen and oxygen atoms in total. The molecule has 0 aliphatic rings. The number of hydrogen-bond donors (Lipinski definition) is 0. The van der Waals surface area contributed by atoms with Gasteiger partial charge in [0.2, 0.25) is 0 Å². The van der Waals surface area contributed by atoms with E-state index in [1.54, 1.807) is 0 Å². The minimum Gasteiger partial charge on any atom is -0.397 e. The largest absolute Gasteiger partial charge is 0.397 e. The number of hydrogen-bond acceptors (Lipinski definition) is 2. The first-order chi connectivity index (χ1) is 11.4. The monoisotopic (exact) mass is 336 g/mol. The highest BCUT2D eigenvalue weighted by Gasteiger charge is 2.12. The summed E-state index contributed by atoms with van der Waals surface area (Å²) in [4.78, 5) is 0. The van der Waals surface area contributed by atoms with Gasteiger partial charge in [-0.15, -0.1) is 0 Å². The third-order valence-electron chi connectivity index (χ3n) is 4.01. The van der Waals surface area contributed by atoms with E-state index in [2.05, 4.69) is 44.2 Å². The summed E-state index contributed by atoms with van der Waals surface area (Å²) in [6.07, 6.45) is 11.4. The summed E-state index contributed by atoms with van der Waals surface area (Å²) in [5.74, 6) is 0. The van der Waals surface area contributed by atoms with Gasteiger partial charge in [0.15, 0.2) is 0 Å². The van der Waals surface area contributed by atoms with Crippen molar-refractivity contribution in [3.63, 3.8) is 0 Å². The van der Waals surface area contributed by atoms with Gasteiger partial charge >= 0.3 is 9.28 Å². The van der Waals surface area contributed by atoms with Crippen molar-refractivity contribution < 1.29 is 8.85 Å². The third-order valence-corrected chi connectivity index (χ3v) is 6.11. The Morgan fingerprint density at radius 2 is 1.30 bits per heavy atom. The van der Waals surface area contributed by atoms with Gasteiger partial charge in [0, 0.05) is 13.2 Å². The summed E-state index contributed by atoms with van der Waals surface area (Å²) < 4.78 is 11.8. The lowest BCUT2D eigenvalue weighted by molar-refractivity contribution is 0.195. The van der Waals surface area contributed by atoms with Gasteiger partial charge in [-0.1, -0.05) is 76.3 Å². The summed E-state index contributed by atoms with van der Waals surface area (Å²) in [6, 6.07) is 12.0. The van der Waals surface area contributed by atoms with Gasteiger partial charge in [0.25, 0.3) is 0 Å². The summed E-state index contributed by atoms with van der Waals surface area (Å²) in [5.41, 5.74) is 1.47. The van der Waals surface area contributed by atoms with Gasteiger partial charge in [-0.2, -0.15) is 0 Å². The van der Waals surface area contributed by atoms with Crippen molar-refractivity contribution in [3.8, 4) is 0 Å². The number of rotatable bonds is 15. The highest BCUT2D eigenvalue weighted by atomic mass is 28.3. The molecule has 1 rings (SSSR count). The van der Waals surface area contributed by atoms with Crippen LogP contribution in [0.25, 0.3) is 0 Å². The van der Waals surface area contributed by atoms with Crippen molar-refractivity contribution in [2.24, 2.45) is 0 Å². The SMILES string of the molecule is CCCO[SiH](CCCCCCCCc1ccccc1)OCCC. The molecule has 3 heteroatoms. The van der Waals surface area contributed by atoms with Crippen LogP contribution in [-0.4, -0.2) is 22.5 Å². The Hall–Kier alpha value is -0.643. The molecule has 0 unspecified atom stereocenters. The van der Waals surface area contributed by atoms with Gasteiger partial charge in [0.05, 0.1) is 0 Å². The lowest BCUT2D eigenvalue weighted by Gasteiger charge is -2.16. The molecule has 0 amide bonds. The molecule has 0 radical (unpaired) electrons. The molecule has 0 bridgehead atoms. The second-order valence-electron chi connectivity index (χ2n) is 6.32. The van der Waals surface area contributed by atoms with Crippen LogP contribution in [0.15, 0.2) is 30.3 Å². The summed E-state index contributed by atoms with van der Waals surface area (Å²) in [5, 5.41) is 0. The van der Waals surface area contributed by atoms with Crippen LogP contribution in [0.4, 0.5) is 0 Å². The lowest BCUT2D eigenvalue weighted by Crippen LogP contribution is -2.23. The zero-order valence-corrected chi connectivity index (χ0v) is 16.4. The average Bonchev–Trinajstić information content (AvgIpc) is 2.59. The third kappa shape index (κ3) is 11.5. The Morgan fingerprint density at radius 3 is 1.91 bits per heavy atom.